The summed E-state index contributed by atoms with van der Waals surface area (Å²) >= 11 is 0. The molecule has 8 nitrogen and oxygen atoms in total. The van der Waals surface area contributed by atoms with E-state index in [0.29, 0.717) is 18.1 Å². The fraction of sp³-hybridized carbons (Fsp3) is 0.625. The Kier molecular flexibility index (Phi) is 4.94. The van der Waals surface area contributed by atoms with E-state index in [1.807, 2.05) is 29.6 Å². The second-order valence-corrected chi connectivity index (χ2v) is 6.43. The van der Waals surface area contributed by atoms with E-state index in [1.54, 1.807) is 7.11 Å². The van der Waals surface area contributed by atoms with Crippen LogP contribution in [0.1, 0.15) is 40.3 Å². The second-order valence-electron chi connectivity index (χ2n) is 6.43. The van der Waals surface area contributed by atoms with Gasteiger partial charge in [-0.15, -0.1) is 5.10 Å². The zero-order valence-corrected chi connectivity index (χ0v) is 14.4. The van der Waals surface area contributed by atoms with Gasteiger partial charge in [-0.25, -0.2) is 0 Å². The van der Waals surface area contributed by atoms with Crippen LogP contribution in [0.3, 0.4) is 0 Å². The van der Waals surface area contributed by atoms with E-state index in [-0.39, 0.29) is 5.91 Å². The third-order valence-electron chi connectivity index (χ3n) is 4.47. The van der Waals surface area contributed by atoms with Crippen LogP contribution in [-0.4, -0.2) is 56.2 Å². The van der Waals surface area contributed by atoms with Crippen molar-refractivity contribution in [1.29, 1.82) is 0 Å². The molecule has 24 heavy (non-hydrogen) atoms. The van der Waals surface area contributed by atoms with Gasteiger partial charge in [0, 0.05) is 32.4 Å². The molecule has 0 aliphatic carbocycles. The highest BCUT2D eigenvalue weighted by Gasteiger charge is 2.27. The number of hydrogen-bond acceptors (Lipinski definition) is 5. The van der Waals surface area contributed by atoms with Gasteiger partial charge in [0.15, 0.2) is 0 Å². The van der Waals surface area contributed by atoms with Crippen molar-refractivity contribution < 1.29 is 9.53 Å². The molecule has 2 aromatic rings. The molecule has 0 spiro atoms. The number of amides is 1. The largest absolute Gasteiger partial charge is 0.378 e. The van der Waals surface area contributed by atoms with Crippen LogP contribution < -0.4 is 0 Å². The Morgan fingerprint density at radius 2 is 2.29 bits per heavy atom. The number of nitrogens with one attached hydrogen (secondary N) is 1. The van der Waals surface area contributed by atoms with Crippen molar-refractivity contribution in [2.24, 2.45) is 5.92 Å². The van der Waals surface area contributed by atoms with Crippen LogP contribution in [0.5, 0.6) is 0 Å². The van der Waals surface area contributed by atoms with Crippen molar-refractivity contribution in [3.8, 4) is 0 Å². The zero-order valence-electron chi connectivity index (χ0n) is 14.4. The molecule has 0 saturated carbocycles. The van der Waals surface area contributed by atoms with Gasteiger partial charge in [-0.1, -0.05) is 5.21 Å². The molecule has 1 N–H and O–H groups in total. The molecule has 0 unspecified atom stereocenters. The van der Waals surface area contributed by atoms with Gasteiger partial charge in [0.1, 0.15) is 5.69 Å². The monoisotopic (exact) mass is 332 g/mol. The minimum atomic E-state index is 0.0714. The number of ether oxygens (including phenoxy) is 1. The smallest absolute Gasteiger partial charge is 0.257 e. The topological polar surface area (TPSA) is 88.9 Å². The standard InChI is InChI=1S/C16H24N6O2/c1-11-15(12(2)18-17-11)16(23)21-6-4-5-13(7-21)8-22-9-14(10-24-3)19-20-22/h9,13H,4-8,10H2,1-3H3,(H,17,18)/t13-/m0/s1. The van der Waals surface area contributed by atoms with E-state index in [4.69, 9.17) is 4.74 Å². The number of aryl methyl sites for hydroxylation is 2. The summed E-state index contributed by atoms with van der Waals surface area (Å²) in [7, 11) is 1.64. The normalized spacial score (nSPS) is 18.1. The van der Waals surface area contributed by atoms with E-state index in [9.17, 15) is 4.79 Å². The zero-order chi connectivity index (χ0) is 17.1. The number of likely N-dealkylation sites (tertiary alicyclic amines) is 1. The van der Waals surface area contributed by atoms with Gasteiger partial charge in [-0.05, 0) is 32.6 Å². The van der Waals surface area contributed by atoms with Crippen LogP contribution in [0.4, 0.5) is 0 Å². The number of piperidine rings is 1. The third-order valence-corrected chi connectivity index (χ3v) is 4.47. The first kappa shape index (κ1) is 16.6. The third kappa shape index (κ3) is 3.48. The average molecular weight is 332 g/mol. The molecule has 1 saturated heterocycles. The highest BCUT2D eigenvalue weighted by atomic mass is 16.5. The van der Waals surface area contributed by atoms with Gasteiger partial charge in [-0.2, -0.15) is 5.10 Å². The van der Waals surface area contributed by atoms with Crippen molar-refractivity contribution in [3.05, 3.63) is 28.8 Å². The van der Waals surface area contributed by atoms with E-state index in [0.717, 1.165) is 49.6 Å². The molecule has 2 aromatic heterocycles. The molecule has 0 aromatic carbocycles. The predicted octanol–water partition coefficient (Wildman–Crippen LogP) is 1.32. The lowest BCUT2D eigenvalue weighted by Gasteiger charge is -2.32. The van der Waals surface area contributed by atoms with Crippen LogP contribution in [0, 0.1) is 19.8 Å². The van der Waals surface area contributed by atoms with Gasteiger partial charge >= 0.3 is 0 Å². The van der Waals surface area contributed by atoms with Crippen molar-refractivity contribution in [2.75, 3.05) is 20.2 Å². The molecule has 0 radical (unpaired) electrons. The Morgan fingerprint density at radius 1 is 1.46 bits per heavy atom. The second kappa shape index (κ2) is 7.12. The lowest BCUT2D eigenvalue weighted by atomic mass is 9.97. The number of carbonyl (C=O) groups excluding carboxylic acids is 1. The van der Waals surface area contributed by atoms with Crippen molar-refractivity contribution in [1.82, 2.24) is 30.1 Å². The number of aromatic nitrogens is 5. The molecular formula is C16H24N6O2. The van der Waals surface area contributed by atoms with Crippen molar-refractivity contribution >= 4 is 5.91 Å². The molecule has 1 fully saturated rings. The van der Waals surface area contributed by atoms with Gasteiger partial charge in [0.2, 0.25) is 0 Å². The van der Waals surface area contributed by atoms with Crippen LogP contribution in [0.15, 0.2) is 6.20 Å². The number of aromatic amines is 1. The molecule has 0 bridgehead atoms. The Bertz CT molecular complexity index is 688. The number of nitrogens with zero attached hydrogens (tertiary/aromatic N) is 5. The van der Waals surface area contributed by atoms with Crippen LogP contribution in [0.2, 0.25) is 0 Å². The highest BCUT2D eigenvalue weighted by Crippen LogP contribution is 2.22. The summed E-state index contributed by atoms with van der Waals surface area (Å²) in [6.45, 7) is 6.53. The number of rotatable bonds is 5. The summed E-state index contributed by atoms with van der Waals surface area (Å²) in [6, 6.07) is 0. The molecule has 1 amide bonds. The number of H-pyrrole nitrogens is 1. The lowest BCUT2D eigenvalue weighted by molar-refractivity contribution is 0.0658. The molecule has 8 heteroatoms. The molecule has 130 valence electrons. The Balaban J connectivity index is 1.64. The van der Waals surface area contributed by atoms with Crippen molar-refractivity contribution in [3.63, 3.8) is 0 Å². The molecular weight excluding hydrogens is 308 g/mol. The van der Waals surface area contributed by atoms with Crippen molar-refractivity contribution in [2.45, 2.75) is 39.8 Å². The first-order valence-electron chi connectivity index (χ1n) is 8.27. The lowest BCUT2D eigenvalue weighted by Crippen LogP contribution is -2.41. The summed E-state index contributed by atoms with van der Waals surface area (Å²) < 4.78 is 6.91. The minimum absolute atomic E-state index is 0.0714. The minimum Gasteiger partial charge on any atom is -0.378 e. The fourth-order valence-electron chi connectivity index (χ4n) is 3.33. The Morgan fingerprint density at radius 3 is 3.00 bits per heavy atom. The SMILES string of the molecule is COCc1cn(C[C@H]2CCCN(C(=O)c3c(C)n[nH]c3C)C2)nn1. The highest BCUT2D eigenvalue weighted by molar-refractivity contribution is 5.96. The van der Waals surface area contributed by atoms with E-state index >= 15 is 0 Å². The summed E-state index contributed by atoms with van der Waals surface area (Å²) in [6.07, 6.45) is 4.01. The molecule has 3 heterocycles. The van der Waals surface area contributed by atoms with E-state index in [1.165, 1.54) is 0 Å². The first-order chi connectivity index (χ1) is 11.6. The first-order valence-corrected chi connectivity index (χ1v) is 8.27. The Hall–Kier alpha value is -2.22. The van der Waals surface area contributed by atoms with Gasteiger partial charge in [-0.3, -0.25) is 14.6 Å². The summed E-state index contributed by atoms with van der Waals surface area (Å²) in [5.41, 5.74) is 3.13. The van der Waals surface area contributed by atoms with Crippen LogP contribution >= 0.6 is 0 Å². The van der Waals surface area contributed by atoms with Crippen LogP contribution in [0.25, 0.3) is 0 Å². The molecule has 1 atom stereocenters. The predicted molar refractivity (Wildman–Crippen MR) is 87.4 cm³/mol. The summed E-state index contributed by atoms with van der Waals surface area (Å²) in [5.74, 6) is 0.453. The number of carbonyl (C=O) groups is 1. The molecule has 3 rings (SSSR count). The maximum absolute atomic E-state index is 12.8. The fourth-order valence-corrected chi connectivity index (χ4v) is 3.33. The molecule has 1 aliphatic heterocycles. The molecule has 1 aliphatic rings. The maximum atomic E-state index is 12.8. The van der Waals surface area contributed by atoms with E-state index in [2.05, 4.69) is 20.5 Å². The average Bonchev–Trinajstić information content (AvgIpc) is 3.14. The quantitative estimate of drug-likeness (QED) is 0.892. The number of hydrogen-bond donors (Lipinski definition) is 1. The Labute approximate surface area is 141 Å². The van der Waals surface area contributed by atoms with Gasteiger partial charge in [0.05, 0.1) is 24.1 Å². The van der Waals surface area contributed by atoms with E-state index < -0.39 is 0 Å². The summed E-state index contributed by atoms with van der Waals surface area (Å²) in [5, 5.41) is 15.3. The maximum Gasteiger partial charge on any atom is 0.257 e. The van der Waals surface area contributed by atoms with Gasteiger partial charge < -0.3 is 9.64 Å². The summed E-state index contributed by atoms with van der Waals surface area (Å²) in [4.78, 5) is 14.7. The van der Waals surface area contributed by atoms with Crippen LogP contribution in [-0.2, 0) is 17.9 Å². The van der Waals surface area contributed by atoms with Gasteiger partial charge in [0.25, 0.3) is 5.91 Å². The number of methoxy groups -OCH3 is 1.